The summed E-state index contributed by atoms with van der Waals surface area (Å²) < 4.78 is 5.87. The van der Waals surface area contributed by atoms with E-state index in [0.717, 1.165) is 31.4 Å². The van der Waals surface area contributed by atoms with Crippen LogP contribution in [0.15, 0.2) is 24.3 Å². The molecule has 0 aliphatic heterocycles. The minimum Gasteiger partial charge on any atom is -0.493 e. The second kappa shape index (κ2) is 7.54. The molecule has 1 aromatic carbocycles. The summed E-state index contributed by atoms with van der Waals surface area (Å²) in [5, 5.41) is 3.46. The Bertz CT molecular complexity index is 352. The molecule has 2 rings (SSSR count). The van der Waals surface area contributed by atoms with Crippen molar-refractivity contribution in [3.8, 4) is 5.75 Å². The van der Waals surface area contributed by atoms with Gasteiger partial charge in [0.05, 0.1) is 6.61 Å². The third-order valence-corrected chi connectivity index (χ3v) is 3.77. The van der Waals surface area contributed by atoms with Crippen molar-refractivity contribution >= 4 is 0 Å². The average molecular weight is 261 g/mol. The van der Waals surface area contributed by atoms with Gasteiger partial charge >= 0.3 is 0 Å². The Labute approximate surface area is 117 Å². The van der Waals surface area contributed by atoms with Crippen molar-refractivity contribution in [3.05, 3.63) is 29.8 Å². The van der Waals surface area contributed by atoms with E-state index in [9.17, 15) is 0 Å². The molecule has 1 aliphatic carbocycles. The highest BCUT2D eigenvalue weighted by Crippen LogP contribution is 2.25. The quantitative estimate of drug-likeness (QED) is 0.801. The molecule has 2 nitrogen and oxygen atoms in total. The first kappa shape index (κ1) is 14.4. The summed E-state index contributed by atoms with van der Waals surface area (Å²) in [5.41, 5.74) is 1.33. The first-order valence-corrected chi connectivity index (χ1v) is 7.66. The molecular formula is C17H27NO. The molecule has 106 valence electrons. The van der Waals surface area contributed by atoms with Crippen LogP contribution in [0.2, 0.25) is 0 Å². The molecule has 1 aromatic rings. The fourth-order valence-corrected chi connectivity index (χ4v) is 2.60. The summed E-state index contributed by atoms with van der Waals surface area (Å²) in [6.45, 7) is 7.37. The number of benzene rings is 1. The van der Waals surface area contributed by atoms with Crippen LogP contribution in [0.4, 0.5) is 0 Å². The number of nitrogens with one attached hydrogen (secondary N) is 1. The molecule has 1 fully saturated rings. The minimum atomic E-state index is 0.703. The summed E-state index contributed by atoms with van der Waals surface area (Å²) in [7, 11) is 0. The number of ether oxygens (including phenoxy) is 1. The van der Waals surface area contributed by atoms with Crippen LogP contribution >= 0.6 is 0 Å². The highest BCUT2D eigenvalue weighted by molar-refractivity contribution is 5.27. The minimum absolute atomic E-state index is 0.703. The van der Waals surface area contributed by atoms with Gasteiger partial charge < -0.3 is 10.1 Å². The Morgan fingerprint density at radius 2 is 1.84 bits per heavy atom. The maximum Gasteiger partial charge on any atom is 0.119 e. The van der Waals surface area contributed by atoms with E-state index in [2.05, 4.69) is 43.4 Å². The van der Waals surface area contributed by atoms with Crippen LogP contribution in [0, 0.1) is 11.8 Å². The molecule has 0 spiro atoms. The van der Waals surface area contributed by atoms with Gasteiger partial charge in [0, 0.05) is 6.54 Å². The predicted molar refractivity (Wildman–Crippen MR) is 80.4 cm³/mol. The van der Waals surface area contributed by atoms with Gasteiger partial charge in [-0.2, -0.15) is 0 Å². The van der Waals surface area contributed by atoms with Crippen LogP contribution < -0.4 is 10.1 Å². The molecule has 0 bridgehead atoms. The summed E-state index contributed by atoms with van der Waals surface area (Å²) in [6, 6.07) is 8.53. The first-order chi connectivity index (χ1) is 9.24. The maximum absolute atomic E-state index is 5.87. The van der Waals surface area contributed by atoms with E-state index in [1.165, 1.54) is 31.2 Å². The van der Waals surface area contributed by atoms with Crippen LogP contribution in [-0.4, -0.2) is 13.2 Å². The van der Waals surface area contributed by atoms with Gasteiger partial charge in [0.1, 0.15) is 5.75 Å². The van der Waals surface area contributed by atoms with Gasteiger partial charge in [0.2, 0.25) is 0 Å². The molecular weight excluding hydrogens is 234 g/mol. The Balaban J connectivity index is 1.71. The van der Waals surface area contributed by atoms with E-state index in [1.807, 2.05) is 0 Å². The van der Waals surface area contributed by atoms with E-state index in [-0.39, 0.29) is 0 Å². The third kappa shape index (κ3) is 5.23. The van der Waals surface area contributed by atoms with Crippen LogP contribution in [-0.2, 0) is 6.54 Å². The van der Waals surface area contributed by atoms with Gasteiger partial charge in [-0.25, -0.2) is 0 Å². The molecule has 0 radical (unpaired) electrons. The molecule has 1 N–H and O–H groups in total. The van der Waals surface area contributed by atoms with E-state index < -0.39 is 0 Å². The fraction of sp³-hybridized carbons (Fsp3) is 0.647. The molecule has 0 unspecified atom stereocenters. The van der Waals surface area contributed by atoms with Crippen molar-refractivity contribution in [2.75, 3.05) is 13.2 Å². The summed E-state index contributed by atoms with van der Waals surface area (Å²) in [4.78, 5) is 0. The monoisotopic (exact) mass is 261 g/mol. The molecule has 1 aliphatic rings. The van der Waals surface area contributed by atoms with Crippen molar-refractivity contribution in [3.63, 3.8) is 0 Å². The SMILES string of the molecule is CC(C)CNCc1ccc(OCC2CCCC2)cc1. The van der Waals surface area contributed by atoms with E-state index in [1.54, 1.807) is 0 Å². The lowest BCUT2D eigenvalue weighted by atomic mass is 10.1. The summed E-state index contributed by atoms with van der Waals surface area (Å²) >= 11 is 0. The van der Waals surface area contributed by atoms with Gasteiger partial charge in [0.25, 0.3) is 0 Å². The second-order valence-corrected chi connectivity index (χ2v) is 6.13. The lowest BCUT2D eigenvalue weighted by Gasteiger charge is -2.12. The first-order valence-electron chi connectivity index (χ1n) is 7.66. The third-order valence-electron chi connectivity index (χ3n) is 3.77. The zero-order chi connectivity index (χ0) is 13.5. The standard InChI is InChI=1S/C17H27NO/c1-14(2)11-18-12-15-7-9-17(10-8-15)19-13-16-5-3-4-6-16/h7-10,14,16,18H,3-6,11-13H2,1-2H3. The van der Waals surface area contributed by atoms with Gasteiger partial charge in [-0.05, 0) is 48.9 Å². The number of hydrogen-bond donors (Lipinski definition) is 1. The molecule has 19 heavy (non-hydrogen) atoms. The zero-order valence-corrected chi connectivity index (χ0v) is 12.3. The molecule has 2 heteroatoms. The van der Waals surface area contributed by atoms with E-state index in [0.29, 0.717) is 5.92 Å². The highest BCUT2D eigenvalue weighted by atomic mass is 16.5. The number of hydrogen-bond acceptors (Lipinski definition) is 2. The van der Waals surface area contributed by atoms with Crippen molar-refractivity contribution < 1.29 is 4.74 Å². The van der Waals surface area contributed by atoms with Gasteiger partial charge in [-0.1, -0.05) is 38.8 Å². The largest absolute Gasteiger partial charge is 0.493 e. The molecule has 0 saturated heterocycles. The highest BCUT2D eigenvalue weighted by Gasteiger charge is 2.15. The van der Waals surface area contributed by atoms with E-state index >= 15 is 0 Å². The Hall–Kier alpha value is -1.02. The average Bonchev–Trinajstić information content (AvgIpc) is 2.90. The molecule has 0 atom stereocenters. The smallest absolute Gasteiger partial charge is 0.119 e. The lowest BCUT2D eigenvalue weighted by Crippen LogP contribution is -2.18. The van der Waals surface area contributed by atoms with Gasteiger partial charge in [-0.15, -0.1) is 0 Å². The van der Waals surface area contributed by atoms with Gasteiger partial charge in [0.15, 0.2) is 0 Å². The second-order valence-electron chi connectivity index (χ2n) is 6.13. The lowest BCUT2D eigenvalue weighted by molar-refractivity contribution is 0.252. The molecule has 0 amide bonds. The Morgan fingerprint density at radius 1 is 1.16 bits per heavy atom. The molecule has 0 heterocycles. The van der Waals surface area contributed by atoms with Crippen molar-refractivity contribution in [2.45, 2.75) is 46.1 Å². The zero-order valence-electron chi connectivity index (χ0n) is 12.3. The number of rotatable bonds is 7. The van der Waals surface area contributed by atoms with Crippen molar-refractivity contribution in [2.24, 2.45) is 11.8 Å². The van der Waals surface area contributed by atoms with Crippen molar-refractivity contribution in [1.29, 1.82) is 0 Å². The van der Waals surface area contributed by atoms with Crippen LogP contribution in [0.1, 0.15) is 45.1 Å². The predicted octanol–water partition coefficient (Wildman–Crippen LogP) is 4.00. The molecule has 1 saturated carbocycles. The van der Waals surface area contributed by atoms with E-state index in [4.69, 9.17) is 4.74 Å². The van der Waals surface area contributed by atoms with Crippen molar-refractivity contribution in [1.82, 2.24) is 5.32 Å². The van der Waals surface area contributed by atoms with Crippen LogP contribution in [0.5, 0.6) is 5.75 Å². The summed E-state index contributed by atoms with van der Waals surface area (Å²) in [5.74, 6) is 2.50. The Kier molecular flexibility index (Phi) is 5.71. The topological polar surface area (TPSA) is 21.3 Å². The summed E-state index contributed by atoms with van der Waals surface area (Å²) in [6.07, 6.45) is 5.46. The molecule has 0 aromatic heterocycles. The Morgan fingerprint density at radius 3 is 2.47 bits per heavy atom. The van der Waals surface area contributed by atoms with Crippen LogP contribution in [0.25, 0.3) is 0 Å². The van der Waals surface area contributed by atoms with Crippen LogP contribution in [0.3, 0.4) is 0 Å². The normalized spacial score (nSPS) is 16.2. The fourth-order valence-electron chi connectivity index (χ4n) is 2.60. The van der Waals surface area contributed by atoms with Gasteiger partial charge in [-0.3, -0.25) is 0 Å². The maximum atomic E-state index is 5.87.